The van der Waals surface area contributed by atoms with Crippen LogP contribution >= 0.6 is 15.9 Å². The van der Waals surface area contributed by atoms with Crippen molar-refractivity contribution in [2.45, 2.75) is 32.9 Å². The van der Waals surface area contributed by atoms with E-state index in [2.05, 4.69) is 52.5 Å². The molecule has 25 heavy (non-hydrogen) atoms. The summed E-state index contributed by atoms with van der Waals surface area (Å²) in [6, 6.07) is 6.06. The van der Waals surface area contributed by atoms with Crippen molar-refractivity contribution in [2.24, 2.45) is 5.92 Å². The van der Waals surface area contributed by atoms with Crippen LogP contribution < -0.4 is 16.0 Å². The molecule has 0 saturated heterocycles. The molecule has 1 aromatic heterocycles. The lowest BCUT2D eigenvalue weighted by Crippen LogP contribution is -2.48. The highest BCUT2D eigenvalue weighted by Crippen LogP contribution is 2.14. The van der Waals surface area contributed by atoms with Crippen LogP contribution in [-0.2, 0) is 11.3 Å². The highest BCUT2D eigenvalue weighted by molar-refractivity contribution is 9.10. The summed E-state index contributed by atoms with van der Waals surface area (Å²) in [7, 11) is 0. The van der Waals surface area contributed by atoms with Gasteiger partial charge in [0.25, 0.3) is 0 Å². The fraction of sp³-hybridized carbons (Fsp3) is 0.400. The Bertz CT molecular complexity index is 688. The van der Waals surface area contributed by atoms with Crippen LogP contribution in [0.3, 0.4) is 0 Å². The fourth-order valence-corrected chi connectivity index (χ4v) is 2.37. The van der Waals surface area contributed by atoms with E-state index in [4.69, 9.17) is 0 Å². The molecule has 1 atom stereocenters. The molecular weight excluding hydrogens is 390 g/mol. The molecular formula is C15H20BrN7O2. The minimum absolute atomic E-state index is 0.163. The first-order valence-electron chi connectivity index (χ1n) is 7.77. The summed E-state index contributed by atoms with van der Waals surface area (Å²) in [6.07, 6.45) is 0.508. The molecule has 2 aromatic rings. The van der Waals surface area contributed by atoms with E-state index in [1.54, 1.807) is 12.1 Å². The number of aromatic amines is 1. The molecule has 1 aromatic carbocycles. The molecule has 3 amide bonds. The first kappa shape index (κ1) is 18.8. The molecule has 0 fully saturated rings. The number of aromatic nitrogens is 4. The molecule has 134 valence electrons. The number of halogens is 1. The van der Waals surface area contributed by atoms with Gasteiger partial charge in [-0.15, -0.1) is 5.10 Å². The molecule has 9 nitrogen and oxygen atoms in total. The average molecular weight is 410 g/mol. The number of hydrogen-bond donors (Lipinski definition) is 4. The van der Waals surface area contributed by atoms with Crippen LogP contribution in [0.25, 0.3) is 0 Å². The van der Waals surface area contributed by atoms with Gasteiger partial charge in [-0.2, -0.15) is 0 Å². The zero-order valence-electron chi connectivity index (χ0n) is 13.9. The topological polar surface area (TPSA) is 125 Å². The lowest BCUT2D eigenvalue weighted by Gasteiger charge is -2.20. The van der Waals surface area contributed by atoms with E-state index >= 15 is 0 Å². The summed E-state index contributed by atoms with van der Waals surface area (Å²) in [4.78, 5) is 24.5. The predicted molar refractivity (Wildman–Crippen MR) is 95.6 cm³/mol. The zero-order valence-corrected chi connectivity index (χ0v) is 15.5. The van der Waals surface area contributed by atoms with Crippen LogP contribution in [0.1, 0.15) is 26.1 Å². The van der Waals surface area contributed by atoms with E-state index in [9.17, 15) is 9.59 Å². The number of nitrogens with one attached hydrogen (secondary N) is 4. The first-order chi connectivity index (χ1) is 11.9. The third-order valence-corrected chi connectivity index (χ3v) is 3.78. The first-order valence-corrected chi connectivity index (χ1v) is 8.56. The Kier molecular flexibility index (Phi) is 6.87. The number of urea groups is 1. The Hall–Kier alpha value is -2.49. The third-order valence-electron chi connectivity index (χ3n) is 3.25. The summed E-state index contributed by atoms with van der Waals surface area (Å²) < 4.78 is 0.914. The van der Waals surface area contributed by atoms with Gasteiger partial charge in [0.05, 0.1) is 6.54 Å². The largest absolute Gasteiger partial charge is 0.347 e. The maximum Gasteiger partial charge on any atom is 0.319 e. The van der Waals surface area contributed by atoms with Crippen molar-refractivity contribution in [1.29, 1.82) is 0 Å². The number of tetrazole rings is 1. The number of H-pyrrole nitrogens is 1. The molecule has 0 aliphatic heterocycles. The van der Waals surface area contributed by atoms with Gasteiger partial charge < -0.3 is 16.0 Å². The molecule has 1 heterocycles. The second kappa shape index (κ2) is 9.11. The Labute approximate surface area is 153 Å². The SMILES string of the molecule is CC(C)CC(NC(=O)Nc1ccc(Br)cc1)C(=O)NCc1nnn[nH]1. The van der Waals surface area contributed by atoms with Gasteiger partial charge in [-0.25, -0.2) is 9.89 Å². The van der Waals surface area contributed by atoms with E-state index in [-0.39, 0.29) is 18.4 Å². The Morgan fingerprint density at radius 3 is 2.56 bits per heavy atom. The van der Waals surface area contributed by atoms with Crippen molar-refractivity contribution in [3.63, 3.8) is 0 Å². The van der Waals surface area contributed by atoms with Crippen molar-refractivity contribution in [2.75, 3.05) is 5.32 Å². The van der Waals surface area contributed by atoms with Gasteiger partial charge in [0.15, 0.2) is 5.82 Å². The summed E-state index contributed by atoms with van der Waals surface area (Å²) in [5.41, 5.74) is 0.636. The van der Waals surface area contributed by atoms with Crippen LogP contribution in [-0.4, -0.2) is 38.6 Å². The monoisotopic (exact) mass is 409 g/mol. The van der Waals surface area contributed by atoms with Crippen LogP contribution in [0, 0.1) is 5.92 Å². The molecule has 0 saturated carbocycles. The minimum atomic E-state index is -0.661. The molecule has 4 N–H and O–H groups in total. The smallest absolute Gasteiger partial charge is 0.319 e. The Morgan fingerprint density at radius 1 is 1.24 bits per heavy atom. The molecule has 0 aliphatic carbocycles. The van der Waals surface area contributed by atoms with E-state index in [0.29, 0.717) is 17.9 Å². The lowest BCUT2D eigenvalue weighted by atomic mass is 10.0. The predicted octanol–water partition coefficient (Wildman–Crippen LogP) is 1.81. The Balaban J connectivity index is 1.92. The van der Waals surface area contributed by atoms with E-state index in [0.717, 1.165) is 4.47 Å². The minimum Gasteiger partial charge on any atom is -0.347 e. The zero-order chi connectivity index (χ0) is 18.2. The molecule has 0 radical (unpaired) electrons. The number of carbonyl (C=O) groups excluding carboxylic acids is 2. The van der Waals surface area contributed by atoms with E-state index in [1.165, 1.54) is 0 Å². The van der Waals surface area contributed by atoms with Crippen molar-refractivity contribution in [3.05, 3.63) is 34.6 Å². The molecule has 0 aliphatic rings. The number of nitrogens with zero attached hydrogens (tertiary/aromatic N) is 3. The number of amides is 3. The average Bonchev–Trinajstić information content (AvgIpc) is 3.07. The fourth-order valence-electron chi connectivity index (χ4n) is 2.11. The maximum atomic E-state index is 12.4. The standard InChI is InChI=1S/C15H20BrN7O2/c1-9(2)7-12(14(24)17-8-13-20-22-23-21-13)19-15(25)18-11-5-3-10(16)4-6-11/h3-6,9,12H,7-8H2,1-2H3,(H,17,24)(H2,18,19,25)(H,20,21,22,23). The lowest BCUT2D eigenvalue weighted by molar-refractivity contribution is -0.123. The van der Waals surface area contributed by atoms with Crippen LogP contribution in [0.15, 0.2) is 28.7 Å². The van der Waals surface area contributed by atoms with Crippen LogP contribution in [0.5, 0.6) is 0 Å². The second-order valence-corrected chi connectivity index (χ2v) is 6.77. The molecule has 2 rings (SSSR count). The highest BCUT2D eigenvalue weighted by atomic mass is 79.9. The normalized spacial score (nSPS) is 11.8. The quantitative estimate of drug-likeness (QED) is 0.554. The van der Waals surface area contributed by atoms with Gasteiger partial charge in [-0.05, 0) is 47.0 Å². The van der Waals surface area contributed by atoms with E-state index < -0.39 is 12.1 Å². The van der Waals surface area contributed by atoms with Gasteiger partial charge >= 0.3 is 6.03 Å². The van der Waals surface area contributed by atoms with Gasteiger partial charge in [0.1, 0.15) is 6.04 Å². The maximum absolute atomic E-state index is 12.4. The van der Waals surface area contributed by atoms with Crippen LogP contribution in [0.2, 0.25) is 0 Å². The van der Waals surface area contributed by atoms with Crippen molar-refractivity contribution < 1.29 is 9.59 Å². The number of anilines is 1. The molecule has 1 unspecified atom stereocenters. The van der Waals surface area contributed by atoms with Crippen molar-refractivity contribution in [3.8, 4) is 0 Å². The van der Waals surface area contributed by atoms with Gasteiger partial charge in [0, 0.05) is 10.2 Å². The van der Waals surface area contributed by atoms with Crippen molar-refractivity contribution >= 4 is 33.6 Å². The summed E-state index contributed by atoms with van der Waals surface area (Å²) in [5.74, 6) is 0.377. The molecule has 10 heteroatoms. The van der Waals surface area contributed by atoms with Gasteiger partial charge in [-0.3, -0.25) is 4.79 Å². The number of carbonyl (C=O) groups is 2. The van der Waals surface area contributed by atoms with Crippen LogP contribution in [0.4, 0.5) is 10.5 Å². The van der Waals surface area contributed by atoms with Gasteiger partial charge in [0.2, 0.25) is 5.91 Å². The third kappa shape index (κ3) is 6.49. The highest BCUT2D eigenvalue weighted by Gasteiger charge is 2.22. The van der Waals surface area contributed by atoms with Gasteiger partial charge in [-0.1, -0.05) is 29.8 Å². The molecule has 0 spiro atoms. The van der Waals surface area contributed by atoms with Crippen molar-refractivity contribution in [1.82, 2.24) is 31.3 Å². The Morgan fingerprint density at radius 2 is 1.96 bits per heavy atom. The summed E-state index contributed by atoms with van der Waals surface area (Å²) in [6.45, 7) is 4.13. The second-order valence-electron chi connectivity index (χ2n) is 5.85. The summed E-state index contributed by atoms with van der Waals surface area (Å²) >= 11 is 3.33. The summed E-state index contributed by atoms with van der Waals surface area (Å²) in [5, 5.41) is 21.3. The number of rotatable bonds is 7. The number of hydrogen-bond acceptors (Lipinski definition) is 5. The molecule has 0 bridgehead atoms. The van der Waals surface area contributed by atoms with E-state index in [1.807, 2.05) is 26.0 Å². The number of benzene rings is 1.